The number of aryl methyl sites for hydroxylation is 1. The molecule has 2 aromatic heterocycles. The van der Waals surface area contributed by atoms with E-state index in [0.717, 1.165) is 77.6 Å². The number of rotatable bonds is 5. The Balaban J connectivity index is 1.31. The lowest BCUT2D eigenvalue weighted by atomic mass is 9.92. The number of nitriles is 3. The van der Waals surface area contributed by atoms with Gasteiger partial charge in [0.2, 0.25) is 0 Å². The maximum atomic E-state index is 10.5. The van der Waals surface area contributed by atoms with E-state index in [9.17, 15) is 15.8 Å². The Hall–Kier alpha value is -7.13. The molecule has 0 saturated heterocycles. The van der Waals surface area contributed by atoms with Crippen LogP contribution in [0.5, 0.6) is 0 Å². The van der Waals surface area contributed by atoms with E-state index in [1.54, 1.807) is 6.92 Å². The van der Waals surface area contributed by atoms with Gasteiger partial charge in [-0.25, -0.2) is 0 Å². The van der Waals surface area contributed by atoms with Gasteiger partial charge in [-0.3, -0.25) is 0 Å². The summed E-state index contributed by atoms with van der Waals surface area (Å²) in [7, 11) is 0. The van der Waals surface area contributed by atoms with Gasteiger partial charge in [0, 0.05) is 33.0 Å². The fourth-order valence-electron chi connectivity index (χ4n) is 7.24. The molecule has 0 radical (unpaired) electrons. The monoisotopic (exact) mass is 639 g/mol. The smallest absolute Gasteiger partial charge is 0.101 e. The third-order valence-corrected chi connectivity index (χ3v) is 9.54. The minimum Gasteiger partial charge on any atom is -0.310 e. The number of fused-ring (bicyclic) bond motifs is 4. The minimum absolute atomic E-state index is 0.595. The molecule has 8 rings (SSSR count). The van der Waals surface area contributed by atoms with E-state index >= 15 is 0 Å². The fourth-order valence-corrected chi connectivity index (χ4v) is 7.24. The first-order valence-corrected chi connectivity index (χ1v) is 16.4. The lowest BCUT2D eigenvalue weighted by molar-refractivity contribution is 1.09. The van der Waals surface area contributed by atoms with Crippen LogP contribution in [0.3, 0.4) is 0 Å². The molecule has 0 atom stereocenters. The first kappa shape index (κ1) is 30.2. The van der Waals surface area contributed by atoms with Crippen molar-refractivity contribution in [3.05, 3.63) is 161 Å². The van der Waals surface area contributed by atoms with Gasteiger partial charge in [-0.15, -0.1) is 0 Å². The van der Waals surface area contributed by atoms with Crippen molar-refractivity contribution in [3.63, 3.8) is 0 Å². The molecule has 0 N–H and O–H groups in total. The molecule has 0 bridgehead atoms. The van der Waals surface area contributed by atoms with Crippen LogP contribution in [0.15, 0.2) is 139 Å². The molecule has 0 unspecified atom stereocenters. The number of aromatic nitrogens is 2. The highest BCUT2D eigenvalue weighted by Crippen LogP contribution is 2.41. The molecule has 50 heavy (non-hydrogen) atoms. The van der Waals surface area contributed by atoms with E-state index in [2.05, 4.69) is 106 Å². The maximum absolute atomic E-state index is 10.5. The van der Waals surface area contributed by atoms with E-state index < -0.39 is 0 Å². The van der Waals surface area contributed by atoms with Crippen LogP contribution in [0.25, 0.3) is 72.4 Å². The third kappa shape index (κ3) is 4.76. The molecule has 0 aliphatic rings. The summed E-state index contributed by atoms with van der Waals surface area (Å²) >= 11 is 0. The van der Waals surface area contributed by atoms with E-state index in [-0.39, 0.29) is 0 Å². The number of hydrogen-bond donors (Lipinski definition) is 0. The highest BCUT2D eigenvalue weighted by Gasteiger charge is 2.21. The standard InChI is InChI=1S/C45H29N5/c1-29(26-46)24-44-30(2)40-25-31(27-47)18-23-43(40)49(44)34-21-19-32(20-22-34)35-11-3-4-12-36(35)39-15-9-10-33(28-48)45(39)50-41-16-7-5-13-37(41)38-14-6-8-17-42(38)50/h3-25H,1-2H3/b29-24+. The first-order valence-electron chi connectivity index (χ1n) is 16.4. The molecule has 0 amide bonds. The number of allylic oxidation sites excluding steroid dienone is 1. The second kappa shape index (κ2) is 12.1. The van der Waals surface area contributed by atoms with Crippen molar-refractivity contribution in [1.82, 2.24) is 9.13 Å². The summed E-state index contributed by atoms with van der Waals surface area (Å²) < 4.78 is 4.38. The quantitative estimate of drug-likeness (QED) is 0.176. The van der Waals surface area contributed by atoms with Crippen LogP contribution < -0.4 is 0 Å². The van der Waals surface area contributed by atoms with Crippen LogP contribution in [0.1, 0.15) is 29.3 Å². The number of nitrogens with zero attached hydrogens (tertiary/aromatic N) is 5. The van der Waals surface area contributed by atoms with E-state index in [4.69, 9.17) is 0 Å². The Kier molecular flexibility index (Phi) is 7.34. The SMILES string of the molecule is C/C(C#N)=C\c1c(C)c2cc(C#N)ccc2n1-c1ccc(-c2ccccc2-c2cccc(C#N)c2-n2c3ccccc3c3ccccc32)cc1. The second-order valence-electron chi connectivity index (χ2n) is 12.4. The molecular weight excluding hydrogens is 611 g/mol. The zero-order valence-corrected chi connectivity index (χ0v) is 27.5. The Morgan fingerprint density at radius 3 is 1.86 bits per heavy atom. The summed E-state index contributed by atoms with van der Waals surface area (Å²) in [6.45, 7) is 3.84. The summed E-state index contributed by atoms with van der Waals surface area (Å²) in [4.78, 5) is 0. The highest BCUT2D eigenvalue weighted by molar-refractivity contribution is 6.10. The summed E-state index contributed by atoms with van der Waals surface area (Å²) in [6, 6.07) is 52.2. The van der Waals surface area contributed by atoms with Gasteiger partial charge in [-0.05, 0) is 90.7 Å². The Labute approximate surface area is 290 Å². The number of para-hydroxylation sites is 3. The van der Waals surface area contributed by atoms with Crippen LogP contribution >= 0.6 is 0 Å². The van der Waals surface area contributed by atoms with Gasteiger partial charge in [0.05, 0.1) is 51.2 Å². The van der Waals surface area contributed by atoms with Crippen LogP contribution in [0.4, 0.5) is 0 Å². The Morgan fingerprint density at radius 1 is 0.580 bits per heavy atom. The zero-order chi connectivity index (χ0) is 34.4. The van der Waals surface area contributed by atoms with Crippen LogP contribution in [0, 0.1) is 40.9 Å². The Morgan fingerprint density at radius 2 is 1.20 bits per heavy atom. The molecule has 2 heterocycles. The molecule has 0 saturated carbocycles. The number of benzene rings is 6. The second-order valence-corrected chi connectivity index (χ2v) is 12.4. The molecule has 0 aliphatic heterocycles. The summed E-state index contributed by atoms with van der Waals surface area (Å²) in [6.07, 6.45) is 1.91. The molecule has 8 aromatic rings. The van der Waals surface area contributed by atoms with Crippen molar-refractivity contribution in [3.8, 4) is 51.8 Å². The van der Waals surface area contributed by atoms with Crippen molar-refractivity contribution in [2.24, 2.45) is 0 Å². The third-order valence-electron chi connectivity index (χ3n) is 9.54. The number of hydrogen-bond acceptors (Lipinski definition) is 3. The molecule has 234 valence electrons. The maximum Gasteiger partial charge on any atom is 0.101 e. The van der Waals surface area contributed by atoms with Gasteiger partial charge in [-0.1, -0.05) is 84.9 Å². The average Bonchev–Trinajstić information content (AvgIpc) is 3.65. The molecule has 0 fully saturated rings. The van der Waals surface area contributed by atoms with Crippen molar-refractivity contribution >= 4 is 38.8 Å². The van der Waals surface area contributed by atoms with Gasteiger partial charge in [-0.2, -0.15) is 15.8 Å². The average molecular weight is 640 g/mol. The van der Waals surface area contributed by atoms with E-state index in [1.165, 1.54) is 0 Å². The summed E-state index contributed by atoms with van der Waals surface area (Å²) in [5.74, 6) is 0. The van der Waals surface area contributed by atoms with Crippen LogP contribution in [0.2, 0.25) is 0 Å². The van der Waals surface area contributed by atoms with Crippen LogP contribution in [-0.2, 0) is 0 Å². The van der Waals surface area contributed by atoms with Crippen molar-refractivity contribution < 1.29 is 0 Å². The Bertz CT molecular complexity index is 2750. The van der Waals surface area contributed by atoms with Crippen molar-refractivity contribution in [2.45, 2.75) is 13.8 Å². The van der Waals surface area contributed by atoms with Gasteiger partial charge in [0.25, 0.3) is 0 Å². The molecule has 5 heteroatoms. The van der Waals surface area contributed by atoms with Gasteiger partial charge in [0.1, 0.15) is 6.07 Å². The molecule has 5 nitrogen and oxygen atoms in total. The predicted octanol–water partition coefficient (Wildman–Crippen LogP) is 11.0. The molecular formula is C45H29N5. The largest absolute Gasteiger partial charge is 0.310 e. The fraction of sp³-hybridized carbons (Fsp3) is 0.0444. The van der Waals surface area contributed by atoms with Gasteiger partial charge in [0.15, 0.2) is 0 Å². The first-order chi connectivity index (χ1) is 24.5. The van der Waals surface area contributed by atoms with E-state index in [0.29, 0.717) is 16.7 Å². The topological polar surface area (TPSA) is 81.2 Å². The normalized spacial score (nSPS) is 11.5. The molecule has 0 spiro atoms. The summed E-state index contributed by atoms with van der Waals surface area (Å²) in [5, 5.41) is 32.9. The molecule has 6 aromatic carbocycles. The lowest BCUT2D eigenvalue weighted by Gasteiger charge is -2.18. The molecule has 0 aliphatic carbocycles. The predicted molar refractivity (Wildman–Crippen MR) is 202 cm³/mol. The summed E-state index contributed by atoms with van der Waals surface area (Å²) in [5.41, 5.74) is 12.6. The zero-order valence-electron chi connectivity index (χ0n) is 27.5. The van der Waals surface area contributed by atoms with Gasteiger partial charge < -0.3 is 9.13 Å². The van der Waals surface area contributed by atoms with Gasteiger partial charge >= 0.3 is 0 Å². The highest BCUT2D eigenvalue weighted by atomic mass is 15.0. The minimum atomic E-state index is 0.595. The van der Waals surface area contributed by atoms with E-state index in [1.807, 2.05) is 67.6 Å². The lowest BCUT2D eigenvalue weighted by Crippen LogP contribution is -2.01. The van der Waals surface area contributed by atoms with Crippen LogP contribution in [-0.4, -0.2) is 9.13 Å². The van der Waals surface area contributed by atoms with Crippen molar-refractivity contribution in [2.75, 3.05) is 0 Å². The van der Waals surface area contributed by atoms with Crippen molar-refractivity contribution in [1.29, 1.82) is 15.8 Å².